The van der Waals surface area contributed by atoms with Crippen molar-refractivity contribution in [1.29, 1.82) is 0 Å². The summed E-state index contributed by atoms with van der Waals surface area (Å²) in [5.41, 5.74) is 12.7. The predicted molar refractivity (Wildman–Crippen MR) is 147 cm³/mol. The fourth-order valence-corrected chi connectivity index (χ4v) is 4.92. The van der Waals surface area contributed by atoms with Crippen LogP contribution in [0, 0.1) is 0 Å². The third-order valence-corrected chi connectivity index (χ3v) is 6.90. The van der Waals surface area contributed by atoms with E-state index < -0.39 is 23.8 Å². The van der Waals surface area contributed by atoms with E-state index in [2.05, 4.69) is 14.7 Å². The van der Waals surface area contributed by atoms with Gasteiger partial charge in [0.2, 0.25) is 5.91 Å². The van der Waals surface area contributed by atoms with Gasteiger partial charge in [-0.05, 0) is 29.7 Å². The highest BCUT2D eigenvalue weighted by molar-refractivity contribution is 7.09. The molecule has 0 spiro atoms. The van der Waals surface area contributed by atoms with E-state index in [4.69, 9.17) is 25.7 Å². The van der Waals surface area contributed by atoms with E-state index in [0.717, 1.165) is 10.9 Å². The summed E-state index contributed by atoms with van der Waals surface area (Å²) < 4.78 is 20.0. The summed E-state index contributed by atoms with van der Waals surface area (Å²) in [5, 5.41) is 3.56. The molecule has 0 aliphatic heterocycles. The number of ether oxygens (including phenoxy) is 3. The van der Waals surface area contributed by atoms with E-state index >= 15 is 0 Å². The first-order valence-corrected chi connectivity index (χ1v) is 12.5. The molecule has 0 saturated carbocycles. The molecule has 0 radical (unpaired) electrons. The molecule has 204 valence electrons. The number of nitrogen functional groups attached to an aromatic ring is 1. The minimum Gasteiger partial charge on any atom is -0.497 e. The van der Waals surface area contributed by atoms with Crippen molar-refractivity contribution < 1.29 is 28.6 Å². The molecule has 13 heteroatoms. The van der Waals surface area contributed by atoms with E-state index in [1.807, 2.05) is 24.3 Å². The first-order chi connectivity index (χ1) is 18.8. The lowest BCUT2D eigenvalue weighted by atomic mass is 10.0. The zero-order chi connectivity index (χ0) is 28.1. The Kier molecular flexibility index (Phi) is 8.32. The number of carbonyl (C=O) groups is 3. The normalized spacial score (nSPS) is 11.7. The Bertz CT molecular complexity index is 1520. The van der Waals surface area contributed by atoms with E-state index in [-0.39, 0.29) is 40.8 Å². The average molecular weight is 553 g/mol. The molecular weight excluding hydrogens is 524 g/mol. The Hall–Kier alpha value is -4.62. The standard InChI is InChI=1S/C26H28N6O6S/c1-36-11-10-29-25(34)22(16-13-30-17-7-5-4-6-15(16)17)32(18-9-8-14(37-2)12-19(18)38-3)26(35)23-20(27)21(24(28)33)31-39-23/h4-9,12-13,22,30H,10-11,27H2,1-3H3,(H2,28,33)(H,29,34)/t22-/m0/s1. The van der Waals surface area contributed by atoms with Crippen molar-refractivity contribution in [3.63, 3.8) is 0 Å². The number of anilines is 2. The number of carbonyl (C=O) groups excluding carboxylic acids is 3. The smallest absolute Gasteiger partial charge is 0.273 e. The highest BCUT2D eigenvalue weighted by atomic mass is 32.1. The Morgan fingerprint density at radius 2 is 1.90 bits per heavy atom. The van der Waals surface area contributed by atoms with Crippen molar-refractivity contribution in [3.8, 4) is 11.5 Å². The highest BCUT2D eigenvalue weighted by Gasteiger charge is 2.38. The Morgan fingerprint density at radius 3 is 2.56 bits per heavy atom. The largest absolute Gasteiger partial charge is 0.497 e. The summed E-state index contributed by atoms with van der Waals surface area (Å²) in [4.78, 5) is 44.4. The summed E-state index contributed by atoms with van der Waals surface area (Å²) in [5.74, 6) is -1.30. The Labute approximate surface area is 228 Å². The molecule has 39 heavy (non-hydrogen) atoms. The molecule has 0 aliphatic rings. The van der Waals surface area contributed by atoms with Crippen LogP contribution < -0.4 is 31.2 Å². The third kappa shape index (κ3) is 5.35. The molecule has 2 aromatic carbocycles. The maximum absolute atomic E-state index is 14.3. The van der Waals surface area contributed by atoms with Gasteiger partial charge in [0, 0.05) is 42.4 Å². The molecule has 0 saturated heterocycles. The van der Waals surface area contributed by atoms with Crippen molar-refractivity contribution in [2.24, 2.45) is 5.73 Å². The summed E-state index contributed by atoms with van der Waals surface area (Å²) in [6.45, 7) is 0.459. The number of H-pyrrole nitrogens is 1. The van der Waals surface area contributed by atoms with Crippen LogP contribution >= 0.6 is 11.5 Å². The second kappa shape index (κ2) is 11.8. The first kappa shape index (κ1) is 27.4. The van der Waals surface area contributed by atoms with Crippen molar-refractivity contribution in [1.82, 2.24) is 14.7 Å². The second-order valence-electron chi connectivity index (χ2n) is 8.33. The summed E-state index contributed by atoms with van der Waals surface area (Å²) in [6, 6.07) is 11.0. The fourth-order valence-electron chi connectivity index (χ4n) is 4.18. The van der Waals surface area contributed by atoms with Crippen LogP contribution in [0.25, 0.3) is 10.9 Å². The molecule has 0 unspecified atom stereocenters. The number of nitrogens with two attached hydrogens (primary N) is 2. The number of para-hydroxylation sites is 1. The predicted octanol–water partition coefficient (Wildman–Crippen LogP) is 2.47. The molecule has 0 bridgehead atoms. The first-order valence-electron chi connectivity index (χ1n) is 11.8. The number of rotatable bonds is 11. The average Bonchev–Trinajstić information content (AvgIpc) is 3.54. The number of aromatic amines is 1. The summed E-state index contributed by atoms with van der Waals surface area (Å²) >= 11 is 0.716. The van der Waals surface area contributed by atoms with E-state index in [1.165, 1.54) is 26.2 Å². The zero-order valence-electron chi connectivity index (χ0n) is 21.5. The molecule has 2 heterocycles. The minimum absolute atomic E-state index is 0.0591. The number of methoxy groups -OCH3 is 3. The quantitative estimate of drug-likeness (QED) is 0.205. The highest BCUT2D eigenvalue weighted by Crippen LogP contribution is 2.41. The molecular formula is C26H28N6O6S. The van der Waals surface area contributed by atoms with E-state index in [9.17, 15) is 14.4 Å². The van der Waals surface area contributed by atoms with Gasteiger partial charge >= 0.3 is 0 Å². The number of aromatic nitrogens is 2. The van der Waals surface area contributed by atoms with Gasteiger partial charge in [-0.25, -0.2) is 0 Å². The summed E-state index contributed by atoms with van der Waals surface area (Å²) in [6.07, 6.45) is 1.67. The lowest BCUT2D eigenvalue weighted by Gasteiger charge is -2.32. The zero-order valence-corrected chi connectivity index (χ0v) is 22.3. The van der Waals surface area contributed by atoms with Crippen LogP contribution in [0.3, 0.4) is 0 Å². The molecule has 4 rings (SSSR count). The Balaban J connectivity index is 1.97. The second-order valence-corrected chi connectivity index (χ2v) is 9.10. The van der Waals surface area contributed by atoms with Gasteiger partial charge in [0.05, 0.1) is 32.2 Å². The number of amides is 3. The summed E-state index contributed by atoms with van der Waals surface area (Å²) in [7, 11) is 4.45. The number of primary amides is 1. The van der Waals surface area contributed by atoms with Gasteiger partial charge in [-0.15, -0.1) is 0 Å². The molecule has 2 aromatic heterocycles. The molecule has 12 nitrogen and oxygen atoms in total. The van der Waals surface area contributed by atoms with Gasteiger partial charge in [0.15, 0.2) is 5.69 Å². The topological polar surface area (TPSA) is 175 Å². The van der Waals surface area contributed by atoms with Crippen LogP contribution in [0.2, 0.25) is 0 Å². The molecule has 0 aliphatic carbocycles. The van der Waals surface area contributed by atoms with Crippen LogP contribution in [-0.4, -0.2) is 61.6 Å². The lowest BCUT2D eigenvalue weighted by Crippen LogP contribution is -2.44. The van der Waals surface area contributed by atoms with Crippen LogP contribution in [0.4, 0.5) is 11.4 Å². The fraction of sp³-hybridized carbons (Fsp3) is 0.231. The third-order valence-electron chi connectivity index (χ3n) is 6.05. The number of hydrogen-bond acceptors (Lipinski definition) is 9. The van der Waals surface area contributed by atoms with Crippen LogP contribution in [0.1, 0.15) is 31.8 Å². The molecule has 6 N–H and O–H groups in total. The molecule has 4 aromatic rings. The van der Waals surface area contributed by atoms with Gasteiger partial charge in [0.1, 0.15) is 22.4 Å². The number of benzene rings is 2. The lowest BCUT2D eigenvalue weighted by molar-refractivity contribution is -0.122. The molecule has 0 fully saturated rings. The maximum Gasteiger partial charge on any atom is 0.273 e. The Morgan fingerprint density at radius 1 is 1.13 bits per heavy atom. The minimum atomic E-state index is -1.20. The number of nitrogens with one attached hydrogen (secondary N) is 2. The van der Waals surface area contributed by atoms with Crippen molar-refractivity contribution in [2.75, 3.05) is 45.1 Å². The number of fused-ring (bicyclic) bond motifs is 1. The van der Waals surface area contributed by atoms with Crippen molar-refractivity contribution >= 4 is 51.5 Å². The van der Waals surface area contributed by atoms with Crippen molar-refractivity contribution in [2.45, 2.75) is 6.04 Å². The SMILES string of the molecule is COCCNC(=O)[C@H](c1c[nH]c2ccccc12)N(C(=O)c1snc(C(N)=O)c1N)c1ccc(OC)cc1OC. The molecule has 1 atom stereocenters. The van der Waals surface area contributed by atoms with E-state index in [0.29, 0.717) is 22.8 Å². The maximum atomic E-state index is 14.3. The van der Waals surface area contributed by atoms with E-state index in [1.54, 1.807) is 24.4 Å². The van der Waals surface area contributed by atoms with Crippen LogP contribution in [0.5, 0.6) is 11.5 Å². The van der Waals surface area contributed by atoms with Crippen LogP contribution in [0.15, 0.2) is 48.7 Å². The van der Waals surface area contributed by atoms with Crippen LogP contribution in [-0.2, 0) is 9.53 Å². The van der Waals surface area contributed by atoms with Gasteiger partial charge in [-0.2, -0.15) is 4.37 Å². The molecule has 3 amide bonds. The number of nitrogens with zero attached hydrogens (tertiary/aromatic N) is 2. The van der Waals surface area contributed by atoms with Gasteiger partial charge < -0.3 is 36.0 Å². The monoisotopic (exact) mass is 552 g/mol. The van der Waals surface area contributed by atoms with Gasteiger partial charge in [-0.1, -0.05) is 18.2 Å². The van der Waals surface area contributed by atoms with Crippen molar-refractivity contribution in [3.05, 3.63) is 64.8 Å². The number of hydrogen-bond donors (Lipinski definition) is 4. The van der Waals surface area contributed by atoms with Gasteiger partial charge in [0.25, 0.3) is 11.8 Å². The van der Waals surface area contributed by atoms with Gasteiger partial charge in [-0.3, -0.25) is 19.3 Å².